The molecule has 0 atom stereocenters. The van der Waals surface area contributed by atoms with Crippen molar-refractivity contribution < 1.29 is 13.2 Å². The lowest BCUT2D eigenvalue weighted by Crippen LogP contribution is -2.40. The van der Waals surface area contributed by atoms with Crippen LogP contribution in [0.1, 0.15) is 24.4 Å². The molecule has 0 amide bonds. The number of halogens is 3. The summed E-state index contributed by atoms with van der Waals surface area (Å²) in [5.41, 5.74) is -0.148. The van der Waals surface area contributed by atoms with Crippen LogP contribution >= 0.6 is 0 Å². The van der Waals surface area contributed by atoms with Crippen molar-refractivity contribution in [1.82, 2.24) is 24.9 Å². The van der Waals surface area contributed by atoms with Gasteiger partial charge in [0.1, 0.15) is 29.5 Å². The van der Waals surface area contributed by atoms with Crippen LogP contribution in [0.15, 0.2) is 30.9 Å². The van der Waals surface area contributed by atoms with Gasteiger partial charge < -0.3 is 10.2 Å². The van der Waals surface area contributed by atoms with E-state index in [1.807, 2.05) is 13.0 Å². The molecule has 1 saturated heterocycles. The third-order valence-corrected chi connectivity index (χ3v) is 4.69. The first-order valence-electron chi connectivity index (χ1n) is 8.89. The van der Waals surface area contributed by atoms with Crippen molar-refractivity contribution in [1.29, 1.82) is 0 Å². The molecule has 7 nitrogen and oxygen atoms in total. The van der Waals surface area contributed by atoms with Gasteiger partial charge in [-0.2, -0.15) is 13.2 Å². The maximum Gasteiger partial charge on any atom is 0.433 e. The van der Waals surface area contributed by atoms with Crippen LogP contribution in [0.5, 0.6) is 0 Å². The maximum atomic E-state index is 12.8. The summed E-state index contributed by atoms with van der Waals surface area (Å²) < 4.78 is 38.4. The summed E-state index contributed by atoms with van der Waals surface area (Å²) in [6.07, 6.45) is 1.39. The van der Waals surface area contributed by atoms with E-state index in [1.54, 1.807) is 12.4 Å². The summed E-state index contributed by atoms with van der Waals surface area (Å²) in [5, 5.41) is 4.04. The molecule has 3 aromatic rings. The Morgan fingerprint density at radius 2 is 1.93 bits per heavy atom. The number of pyridine rings is 1. The molecule has 1 aliphatic rings. The molecule has 28 heavy (non-hydrogen) atoms. The smallest absolute Gasteiger partial charge is 0.367 e. The lowest BCUT2D eigenvalue weighted by Gasteiger charge is -2.34. The molecular weight excluding hydrogens is 371 g/mol. The fourth-order valence-electron chi connectivity index (χ4n) is 3.35. The number of rotatable bonds is 3. The van der Waals surface area contributed by atoms with Crippen LogP contribution in [-0.2, 0) is 6.18 Å². The van der Waals surface area contributed by atoms with Crippen molar-refractivity contribution in [3.05, 3.63) is 42.4 Å². The Bertz CT molecular complexity index is 984. The Morgan fingerprint density at radius 1 is 1.14 bits per heavy atom. The number of aryl methyl sites for hydroxylation is 1. The molecule has 0 radical (unpaired) electrons. The van der Waals surface area contributed by atoms with Crippen molar-refractivity contribution >= 4 is 22.5 Å². The van der Waals surface area contributed by atoms with Crippen molar-refractivity contribution in [3.63, 3.8) is 0 Å². The zero-order chi connectivity index (χ0) is 19.7. The summed E-state index contributed by atoms with van der Waals surface area (Å²) in [4.78, 5) is 22.5. The van der Waals surface area contributed by atoms with Gasteiger partial charge in [-0.05, 0) is 25.8 Å². The number of alkyl halides is 3. The van der Waals surface area contributed by atoms with Crippen molar-refractivity contribution in [2.45, 2.75) is 32.0 Å². The average Bonchev–Trinajstić information content (AvgIpc) is 2.67. The molecule has 0 unspecified atom stereocenters. The minimum atomic E-state index is -4.48. The Morgan fingerprint density at radius 3 is 2.68 bits per heavy atom. The van der Waals surface area contributed by atoms with Gasteiger partial charge in [0.25, 0.3) is 0 Å². The summed E-state index contributed by atoms with van der Waals surface area (Å²) >= 11 is 0. The number of hydrogen-bond acceptors (Lipinski definition) is 7. The minimum Gasteiger partial charge on any atom is -0.367 e. The fourth-order valence-corrected chi connectivity index (χ4v) is 3.35. The molecule has 0 aliphatic carbocycles. The highest BCUT2D eigenvalue weighted by atomic mass is 19.4. The van der Waals surface area contributed by atoms with Gasteiger partial charge in [0.2, 0.25) is 0 Å². The number of piperidine rings is 1. The first-order chi connectivity index (χ1) is 13.4. The number of aromatic nitrogens is 5. The molecule has 1 fully saturated rings. The Kier molecular flexibility index (Phi) is 4.70. The predicted octanol–water partition coefficient (Wildman–Crippen LogP) is 3.22. The third-order valence-electron chi connectivity index (χ3n) is 4.69. The van der Waals surface area contributed by atoms with E-state index in [0.717, 1.165) is 55.0 Å². The van der Waals surface area contributed by atoms with Crippen LogP contribution < -0.4 is 10.2 Å². The maximum absolute atomic E-state index is 12.8. The quantitative estimate of drug-likeness (QED) is 0.737. The SMILES string of the molecule is Cc1nc(N2CCC(Nc3cc(C(F)(F)F)ncn3)CC2)c2ccncc2n1. The van der Waals surface area contributed by atoms with Crippen LogP contribution in [0.2, 0.25) is 0 Å². The second-order valence-corrected chi connectivity index (χ2v) is 6.68. The molecule has 1 aliphatic heterocycles. The van der Waals surface area contributed by atoms with Crippen molar-refractivity contribution in [2.24, 2.45) is 0 Å². The van der Waals surface area contributed by atoms with E-state index in [-0.39, 0.29) is 11.9 Å². The van der Waals surface area contributed by atoms with Crippen molar-refractivity contribution in [2.75, 3.05) is 23.3 Å². The molecule has 0 saturated carbocycles. The van der Waals surface area contributed by atoms with Crippen LogP contribution in [-0.4, -0.2) is 44.1 Å². The van der Waals surface area contributed by atoms with Crippen LogP contribution in [0.4, 0.5) is 24.8 Å². The Balaban J connectivity index is 1.46. The molecule has 3 aromatic heterocycles. The summed E-state index contributed by atoms with van der Waals surface area (Å²) in [5.74, 6) is 1.73. The zero-order valence-corrected chi connectivity index (χ0v) is 15.1. The van der Waals surface area contributed by atoms with E-state index in [0.29, 0.717) is 5.82 Å². The van der Waals surface area contributed by atoms with Gasteiger partial charge in [-0.3, -0.25) is 4.98 Å². The molecule has 0 spiro atoms. The summed E-state index contributed by atoms with van der Waals surface area (Å²) in [7, 11) is 0. The van der Waals surface area contributed by atoms with Gasteiger partial charge in [-0.25, -0.2) is 19.9 Å². The number of nitrogens with one attached hydrogen (secondary N) is 1. The number of anilines is 2. The average molecular weight is 389 g/mol. The molecule has 0 aromatic carbocycles. The third kappa shape index (κ3) is 3.80. The van der Waals surface area contributed by atoms with Gasteiger partial charge >= 0.3 is 6.18 Å². The number of fused-ring (bicyclic) bond motifs is 1. The van der Waals surface area contributed by atoms with Crippen LogP contribution in [0.25, 0.3) is 10.9 Å². The molecule has 10 heteroatoms. The highest BCUT2D eigenvalue weighted by Crippen LogP contribution is 2.29. The number of hydrogen-bond donors (Lipinski definition) is 1. The monoisotopic (exact) mass is 389 g/mol. The van der Waals surface area contributed by atoms with Crippen molar-refractivity contribution in [3.8, 4) is 0 Å². The lowest BCUT2D eigenvalue weighted by molar-refractivity contribution is -0.141. The first-order valence-corrected chi connectivity index (χ1v) is 8.89. The second-order valence-electron chi connectivity index (χ2n) is 6.68. The molecule has 0 bridgehead atoms. The normalized spacial score (nSPS) is 15.8. The van der Waals surface area contributed by atoms with Gasteiger partial charge in [0.15, 0.2) is 0 Å². The lowest BCUT2D eigenvalue weighted by atomic mass is 10.0. The largest absolute Gasteiger partial charge is 0.433 e. The standard InChI is InChI=1S/C18H18F3N7/c1-11-25-14-9-22-5-2-13(14)17(26-11)28-6-3-12(4-7-28)27-16-8-15(18(19,20)21)23-10-24-16/h2,5,8-10,12H,3-4,6-7H2,1H3,(H,23,24,27). The van der Waals surface area contributed by atoms with Gasteiger partial charge in [-0.15, -0.1) is 0 Å². The van der Waals surface area contributed by atoms with E-state index in [9.17, 15) is 13.2 Å². The molecule has 4 rings (SSSR count). The second kappa shape index (κ2) is 7.17. The summed E-state index contributed by atoms with van der Waals surface area (Å²) in [6, 6.07) is 2.87. The van der Waals surface area contributed by atoms with E-state index in [4.69, 9.17) is 0 Å². The van der Waals surface area contributed by atoms with Crippen LogP contribution in [0, 0.1) is 6.92 Å². The zero-order valence-electron chi connectivity index (χ0n) is 15.1. The number of nitrogens with zero attached hydrogens (tertiary/aromatic N) is 6. The highest BCUT2D eigenvalue weighted by Gasteiger charge is 2.33. The predicted molar refractivity (Wildman–Crippen MR) is 98.0 cm³/mol. The molecule has 146 valence electrons. The minimum absolute atomic E-state index is 0.0306. The van der Waals surface area contributed by atoms with Gasteiger partial charge in [-0.1, -0.05) is 0 Å². The van der Waals surface area contributed by atoms with E-state index < -0.39 is 11.9 Å². The molecular formula is C18H18F3N7. The Labute approximate surface area is 159 Å². The van der Waals surface area contributed by atoms with E-state index in [1.165, 1.54) is 0 Å². The highest BCUT2D eigenvalue weighted by molar-refractivity contribution is 5.88. The Hall–Kier alpha value is -3.04. The first kappa shape index (κ1) is 18.3. The van der Waals surface area contributed by atoms with Crippen LogP contribution in [0.3, 0.4) is 0 Å². The molecule has 4 heterocycles. The van der Waals surface area contributed by atoms with E-state index in [2.05, 4.69) is 35.1 Å². The fraction of sp³-hybridized carbons (Fsp3) is 0.389. The summed E-state index contributed by atoms with van der Waals surface area (Å²) in [6.45, 7) is 3.29. The van der Waals surface area contributed by atoms with E-state index >= 15 is 0 Å². The topological polar surface area (TPSA) is 79.7 Å². The molecule has 1 N–H and O–H groups in total. The van der Waals surface area contributed by atoms with Gasteiger partial charge in [0, 0.05) is 36.8 Å². The van der Waals surface area contributed by atoms with Gasteiger partial charge in [0.05, 0.1) is 11.7 Å².